The Morgan fingerprint density at radius 3 is 2.75 bits per heavy atom. The van der Waals surface area contributed by atoms with Crippen LogP contribution in [0.5, 0.6) is 0 Å². The summed E-state index contributed by atoms with van der Waals surface area (Å²) in [7, 11) is 0. The maximum absolute atomic E-state index is 13.1. The van der Waals surface area contributed by atoms with E-state index in [1.165, 1.54) is 12.3 Å². The number of halogens is 2. The Kier molecular flexibility index (Phi) is 4.02. The highest BCUT2D eigenvalue weighted by molar-refractivity contribution is 5.23. The molecular weight excluding hydrogens is 276 g/mol. The van der Waals surface area contributed by atoms with Crippen molar-refractivity contribution in [3.8, 4) is 0 Å². The van der Waals surface area contributed by atoms with Crippen LogP contribution in [0.1, 0.15) is 6.23 Å². The van der Waals surface area contributed by atoms with E-state index in [1.54, 1.807) is 0 Å². The summed E-state index contributed by atoms with van der Waals surface area (Å²) in [6.07, 6.45) is -1.63. The molecule has 2 rings (SSSR count). The molecule has 0 amide bonds. The molecule has 0 aliphatic carbocycles. The van der Waals surface area contributed by atoms with Crippen molar-refractivity contribution in [1.29, 1.82) is 0 Å². The van der Waals surface area contributed by atoms with Crippen LogP contribution >= 0.6 is 0 Å². The van der Waals surface area contributed by atoms with Crippen LogP contribution in [0.25, 0.3) is 0 Å². The van der Waals surface area contributed by atoms with Crippen molar-refractivity contribution in [2.75, 3.05) is 25.7 Å². The molecule has 1 saturated heterocycles. The first kappa shape index (κ1) is 14.8. The number of alkyl halides is 2. The fourth-order valence-corrected chi connectivity index (χ4v) is 2.27. The average molecular weight is 291 g/mol. The third-order valence-electron chi connectivity index (χ3n) is 3.46. The van der Waals surface area contributed by atoms with Gasteiger partial charge >= 0.3 is 5.69 Å². The zero-order valence-corrected chi connectivity index (χ0v) is 10.4. The van der Waals surface area contributed by atoms with Gasteiger partial charge in [-0.15, -0.1) is 0 Å². The molecular formula is C11H15F2N3O4. The van der Waals surface area contributed by atoms with Crippen LogP contribution in [-0.2, 0) is 4.74 Å². The smallest absolute Gasteiger partial charge is 0.351 e. The van der Waals surface area contributed by atoms with Crippen molar-refractivity contribution in [3.05, 3.63) is 22.7 Å². The Bertz CT molecular complexity index is 535. The minimum Gasteiger partial charge on any atom is -0.393 e. The largest absolute Gasteiger partial charge is 0.393 e. The van der Waals surface area contributed by atoms with Gasteiger partial charge in [0.15, 0.2) is 0 Å². The van der Waals surface area contributed by atoms with Crippen LogP contribution in [0.3, 0.4) is 0 Å². The van der Waals surface area contributed by atoms with E-state index in [0.29, 0.717) is 0 Å². The number of nitrogens with two attached hydrogens (primary N) is 1. The van der Waals surface area contributed by atoms with E-state index >= 15 is 0 Å². The van der Waals surface area contributed by atoms with Gasteiger partial charge in [-0.2, -0.15) is 4.98 Å². The molecule has 1 unspecified atom stereocenters. The predicted octanol–water partition coefficient (Wildman–Crippen LogP) is -0.999. The van der Waals surface area contributed by atoms with E-state index in [4.69, 9.17) is 10.5 Å². The summed E-state index contributed by atoms with van der Waals surface area (Å²) < 4.78 is 32.3. The van der Waals surface area contributed by atoms with E-state index in [9.17, 15) is 23.8 Å². The molecule has 0 saturated carbocycles. The van der Waals surface area contributed by atoms with Crippen LogP contribution in [0, 0.1) is 5.92 Å². The second-order valence-electron chi connectivity index (χ2n) is 4.67. The third kappa shape index (κ3) is 2.17. The second-order valence-corrected chi connectivity index (χ2v) is 4.67. The van der Waals surface area contributed by atoms with Gasteiger partial charge in [0.25, 0.3) is 0 Å². The lowest BCUT2D eigenvalue weighted by molar-refractivity contribution is -0.138. The normalized spacial score (nSPS) is 33.5. The number of aromatic nitrogens is 2. The summed E-state index contributed by atoms with van der Waals surface area (Å²) in [6, 6.07) is 1.29. The molecule has 4 atom stereocenters. The summed E-state index contributed by atoms with van der Waals surface area (Å²) in [4.78, 5) is 15.2. The highest BCUT2D eigenvalue weighted by Crippen LogP contribution is 2.41. The van der Waals surface area contributed by atoms with Crippen LogP contribution in [0.15, 0.2) is 17.1 Å². The molecule has 9 heteroatoms. The third-order valence-corrected chi connectivity index (χ3v) is 3.46. The molecule has 4 N–H and O–H groups in total. The molecule has 1 aliphatic rings. The molecule has 20 heavy (non-hydrogen) atoms. The van der Waals surface area contributed by atoms with Crippen molar-refractivity contribution < 1.29 is 23.7 Å². The molecule has 1 aromatic heterocycles. The topological polar surface area (TPSA) is 111 Å². The van der Waals surface area contributed by atoms with Crippen LogP contribution in [0.4, 0.5) is 14.6 Å². The highest BCUT2D eigenvalue weighted by Gasteiger charge is 2.55. The molecule has 2 heterocycles. The molecule has 0 spiro atoms. The lowest BCUT2D eigenvalue weighted by Gasteiger charge is -2.26. The van der Waals surface area contributed by atoms with E-state index < -0.39 is 49.5 Å². The number of hydrogen-bond donors (Lipinski definition) is 3. The maximum Gasteiger partial charge on any atom is 0.351 e. The zero-order valence-electron chi connectivity index (χ0n) is 10.4. The van der Waals surface area contributed by atoms with Gasteiger partial charge in [0.05, 0.1) is 25.3 Å². The van der Waals surface area contributed by atoms with E-state index in [0.717, 1.165) is 4.57 Å². The predicted molar refractivity (Wildman–Crippen MR) is 64.3 cm³/mol. The Morgan fingerprint density at radius 2 is 2.25 bits per heavy atom. The first-order valence-corrected chi connectivity index (χ1v) is 5.92. The number of aliphatic hydroxyl groups is 2. The van der Waals surface area contributed by atoms with Gasteiger partial charge in [0.2, 0.25) is 0 Å². The van der Waals surface area contributed by atoms with Crippen molar-refractivity contribution in [2.24, 2.45) is 5.92 Å². The molecule has 0 aromatic carbocycles. The van der Waals surface area contributed by atoms with Gasteiger partial charge in [0, 0.05) is 6.20 Å². The SMILES string of the molecule is Nc1ccn([C@@H]2O[C@@](CO)(CF)[C@@H](O)C2CF)c(=O)n1. The Labute approximate surface area is 112 Å². The molecule has 1 fully saturated rings. The van der Waals surface area contributed by atoms with Gasteiger partial charge in [-0.25, -0.2) is 9.18 Å². The van der Waals surface area contributed by atoms with Crippen molar-refractivity contribution in [2.45, 2.75) is 17.9 Å². The van der Waals surface area contributed by atoms with Crippen molar-refractivity contribution >= 4 is 5.82 Å². The number of nitrogens with zero attached hydrogens (tertiary/aromatic N) is 2. The molecule has 0 bridgehead atoms. The van der Waals surface area contributed by atoms with Gasteiger partial charge < -0.3 is 20.7 Å². The quantitative estimate of drug-likeness (QED) is 0.656. The van der Waals surface area contributed by atoms with E-state index in [1.807, 2.05) is 0 Å². The summed E-state index contributed by atoms with van der Waals surface area (Å²) in [5.74, 6) is -1.22. The molecule has 0 radical (unpaired) electrons. The minimum absolute atomic E-state index is 0.0273. The molecule has 7 nitrogen and oxygen atoms in total. The maximum atomic E-state index is 13.1. The number of ether oxygens (including phenoxy) is 1. The number of anilines is 1. The fraction of sp³-hybridized carbons (Fsp3) is 0.636. The highest BCUT2D eigenvalue weighted by atomic mass is 19.1. The van der Waals surface area contributed by atoms with Gasteiger partial charge in [-0.3, -0.25) is 8.96 Å². The van der Waals surface area contributed by atoms with Crippen LogP contribution < -0.4 is 11.4 Å². The Morgan fingerprint density at radius 1 is 1.55 bits per heavy atom. The number of rotatable bonds is 4. The van der Waals surface area contributed by atoms with Crippen LogP contribution in [-0.4, -0.2) is 51.4 Å². The van der Waals surface area contributed by atoms with Gasteiger partial charge in [0.1, 0.15) is 24.3 Å². The van der Waals surface area contributed by atoms with E-state index in [2.05, 4.69) is 4.98 Å². The number of nitrogen functional groups attached to an aromatic ring is 1. The van der Waals surface area contributed by atoms with Crippen molar-refractivity contribution in [1.82, 2.24) is 9.55 Å². The number of hydrogen-bond acceptors (Lipinski definition) is 6. The molecule has 1 aliphatic heterocycles. The average Bonchev–Trinajstić information content (AvgIpc) is 2.71. The summed E-state index contributed by atoms with van der Waals surface area (Å²) in [6.45, 7) is -3.10. The summed E-state index contributed by atoms with van der Waals surface area (Å²) in [5.41, 5.74) is 2.58. The first-order valence-electron chi connectivity index (χ1n) is 5.92. The summed E-state index contributed by atoms with van der Waals surface area (Å²) in [5, 5.41) is 19.2. The molecule has 112 valence electrons. The van der Waals surface area contributed by atoms with E-state index in [-0.39, 0.29) is 5.82 Å². The first-order chi connectivity index (χ1) is 9.49. The van der Waals surface area contributed by atoms with Gasteiger partial charge in [-0.05, 0) is 6.07 Å². The second kappa shape index (κ2) is 5.43. The lowest BCUT2D eigenvalue weighted by atomic mass is 9.92. The monoisotopic (exact) mass is 291 g/mol. The Balaban J connectivity index is 2.43. The van der Waals surface area contributed by atoms with Crippen LogP contribution in [0.2, 0.25) is 0 Å². The minimum atomic E-state index is -1.94. The zero-order chi connectivity index (χ0) is 14.9. The van der Waals surface area contributed by atoms with Crippen molar-refractivity contribution in [3.63, 3.8) is 0 Å². The summed E-state index contributed by atoms with van der Waals surface area (Å²) >= 11 is 0. The molecule has 1 aromatic rings. The lowest BCUT2D eigenvalue weighted by Crippen LogP contribution is -2.47. The Hall–Kier alpha value is -1.58. The number of aliphatic hydroxyl groups excluding tert-OH is 2. The fourth-order valence-electron chi connectivity index (χ4n) is 2.27. The van der Waals surface area contributed by atoms with Gasteiger partial charge in [-0.1, -0.05) is 0 Å². The standard InChI is InChI=1S/C11H15F2N3O4/c12-3-6-8(18)11(4-13,5-17)20-9(6)16-2-1-7(14)15-10(16)19/h1-2,6,8-9,17-18H,3-5H2,(H2,14,15,19)/t6?,8-,9+,11+/m0/s1.